The summed E-state index contributed by atoms with van der Waals surface area (Å²) < 4.78 is 10.4. The Balaban J connectivity index is 2.81. The molecule has 15 heavy (non-hydrogen) atoms. The normalized spacial score (nSPS) is 9.73. The maximum atomic E-state index is 5.24. The number of rotatable bonds is 6. The van der Waals surface area contributed by atoms with Gasteiger partial charge >= 0.3 is 0 Å². The Morgan fingerprint density at radius 3 is 2.87 bits per heavy atom. The van der Waals surface area contributed by atoms with E-state index in [1.807, 2.05) is 0 Å². The van der Waals surface area contributed by atoms with E-state index in [4.69, 9.17) is 9.47 Å². The van der Waals surface area contributed by atoms with Crippen LogP contribution < -0.4 is 14.8 Å². The van der Waals surface area contributed by atoms with Crippen LogP contribution in [0.5, 0.6) is 11.5 Å². The second-order valence-corrected chi connectivity index (χ2v) is 2.91. The SMILES string of the molecule is C=CCNCc1nccc(OC)c1OC. The average molecular weight is 208 g/mol. The number of hydrogen-bond acceptors (Lipinski definition) is 4. The molecule has 0 atom stereocenters. The fraction of sp³-hybridized carbons (Fsp3) is 0.364. The van der Waals surface area contributed by atoms with Crippen LogP contribution in [0.15, 0.2) is 24.9 Å². The average Bonchev–Trinajstić information content (AvgIpc) is 2.29. The molecule has 4 heteroatoms. The van der Waals surface area contributed by atoms with Crippen molar-refractivity contribution in [3.05, 3.63) is 30.6 Å². The van der Waals surface area contributed by atoms with E-state index in [1.54, 1.807) is 32.6 Å². The van der Waals surface area contributed by atoms with Crippen LogP contribution in [-0.2, 0) is 6.54 Å². The predicted molar refractivity (Wildman–Crippen MR) is 59.2 cm³/mol. The van der Waals surface area contributed by atoms with Crippen molar-refractivity contribution >= 4 is 0 Å². The van der Waals surface area contributed by atoms with E-state index >= 15 is 0 Å². The summed E-state index contributed by atoms with van der Waals surface area (Å²) in [4.78, 5) is 4.23. The van der Waals surface area contributed by atoms with Crippen molar-refractivity contribution in [2.24, 2.45) is 0 Å². The molecule has 0 fully saturated rings. The molecule has 1 heterocycles. The van der Waals surface area contributed by atoms with Gasteiger partial charge in [-0.3, -0.25) is 4.98 Å². The topological polar surface area (TPSA) is 43.4 Å². The smallest absolute Gasteiger partial charge is 0.183 e. The molecule has 0 aliphatic heterocycles. The van der Waals surface area contributed by atoms with Gasteiger partial charge in [0.05, 0.1) is 19.9 Å². The minimum absolute atomic E-state index is 0.631. The third-order valence-corrected chi connectivity index (χ3v) is 1.95. The molecule has 4 nitrogen and oxygen atoms in total. The standard InChI is InChI=1S/C11H16N2O2/c1-4-6-12-8-9-11(15-3)10(14-2)5-7-13-9/h4-5,7,12H,1,6,8H2,2-3H3. The predicted octanol–water partition coefficient (Wildman–Crippen LogP) is 1.37. The van der Waals surface area contributed by atoms with E-state index in [0.29, 0.717) is 18.0 Å². The zero-order valence-corrected chi connectivity index (χ0v) is 9.12. The lowest BCUT2D eigenvalue weighted by Gasteiger charge is -2.11. The highest BCUT2D eigenvalue weighted by Crippen LogP contribution is 2.28. The third-order valence-electron chi connectivity index (χ3n) is 1.95. The molecular formula is C11H16N2O2. The van der Waals surface area contributed by atoms with E-state index in [9.17, 15) is 0 Å². The molecule has 1 aromatic rings. The fourth-order valence-electron chi connectivity index (χ4n) is 1.27. The molecular weight excluding hydrogens is 192 g/mol. The molecule has 1 aromatic heterocycles. The van der Waals surface area contributed by atoms with Gasteiger partial charge in [0.1, 0.15) is 0 Å². The summed E-state index contributed by atoms with van der Waals surface area (Å²) >= 11 is 0. The zero-order valence-electron chi connectivity index (χ0n) is 9.12. The minimum atomic E-state index is 0.631. The fourth-order valence-corrected chi connectivity index (χ4v) is 1.27. The van der Waals surface area contributed by atoms with E-state index in [0.717, 1.165) is 12.2 Å². The first-order chi connectivity index (χ1) is 7.33. The lowest BCUT2D eigenvalue weighted by Crippen LogP contribution is -2.14. The molecule has 0 saturated carbocycles. The molecule has 0 aliphatic rings. The summed E-state index contributed by atoms with van der Waals surface area (Å²) in [7, 11) is 3.22. The van der Waals surface area contributed by atoms with Gasteiger partial charge in [0.15, 0.2) is 11.5 Å². The number of methoxy groups -OCH3 is 2. The van der Waals surface area contributed by atoms with Crippen LogP contribution in [0.2, 0.25) is 0 Å². The molecule has 0 amide bonds. The van der Waals surface area contributed by atoms with Gasteiger partial charge in [-0.2, -0.15) is 0 Å². The van der Waals surface area contributed by atoms with Crippen LogP contribution in [0.3, 0.4) is 0 Å². The highest BCUT2D eigenvalue weighted by atomic mass is 16.5. The van der Waals surface area contributed by atoms with Gasteiger partial charge in [-0.05, 0) is 0 Å². The maximum absolute atomic E-state index is 5.24. The molecule has 0 saturated heterocycles. The van der Waals surface area contributed by atoms with Gasteiger partial charge in [0, 0.05) is 25.4 Å². The summed E-state index contributed by atoms with van der Waals surface area (Å²) in [5.41, 5.74) is 0.832. The molecule has 1 rings (SSSR count). The summed E-state index contributed by atoms with van der Waals surface area (Å²) in [6.45, 7) is 5.00. The van der Waals surface area contributed by atoms with Crippen LogP contribution in [0, 0.1) is 0 Å². The monoisotopic (exact) mass is 208 g/mol. The van der Waals surface area contributed by atoms with E-state index < -0.39 is 0 Å². The highest BCUT2D eigenvalue weighted by molar-refractivity contribution is 5.42. The van der Waals surface area contributed by atoms with Crippen LogP contribution in [0.1, 0.15) is 5.69 Å². The molecule has 0 aromatic carbocycles. The molecule has 0 unspecified atom stereocenters. The zero-order chi connectivity index (χ0) is 11.1. The first kappa shape index (κ1) is 11.5. The molecule has 0 bridgehead atoms. The summed E-state index contributed by atoms with van der Waals surface area (Å²) in [6, 6.07) is 1.77. The maximum Gasteiger partial charge on any atom is 0.183 e. The first-order valence-corrected chi connectivity index (χ1v) is 4.71. The quantitative estimate of drug-likeness (QED) is 0.566. The second-order valence-electron chi connectivity index (χ2n) is 2.91. The Morgan fingerprint density at radius 1 is 1.47 bits per heavy atom. The molecule has 0 aliphatic carbocycles. The van der Waals surface area contributed by atoms with Crippen molar-refractivity contribution in [1.29, 1.82) is 0 Å². The van der Waals surface area contributed by atoms with Crippen LogP contribution in [0.25, 0.3) is 0 Å². The van der Waals surface area contributed by atoms with Crippen molar-refractivity contribution in [3.8, 4) is 11.5 Å². The lowest BCUT2D eigenvalue weighted by atomic mass is 10.3. The molecule has 0 radical (unpaired) electrons. The van der Waals surface area contributed by atoms with Crippen molar-refractivity contribution < 1.29 is 9.47 Å². The van der Waals surface area contributed by atoms with Crippen LogP contribution in [0.4, 0.5) is 0 Å². The van der Waals surface area contributed by atoms with Crippen molar-refractivity contribution in [2.45, 2.75) is 6.54 Å². The number of ether oxygens (including phenoxy) is 2. The second kappa shape index (κ2) is 6.03. The highest BCUT2D eigenvalue weighted by Gasteiger charge is 2.09. The van der Waals surface area contributed by atoms with Crippen molar-refractivity contribution in [2.75, 3.05) is 20.8 Å². The minimum Gasteiger partial charge on any atom is -0.493 e. The Labute approximate surface area is 89.9 Å². The van der Waals surface area contributed by atoms with Gasteiger partial charge in [-0.15, -0.1) is 6.58 Å². The van der Waals surface area contributed by atoms with E-state index in [-0.39, 0.29) is 0 Å². The Hall–Kier alpha value is -1.55. The third kappa shape index (κ3) is 2.95. The Bertz CT molecular complexity index is 326. The van der Waals surface area contributed by atoms with E-state index in [1.165, 1.54) is 0 Å². The number of nitrogens with zero attached hydrogens (tertiary/aromatic N) is 1. The Kier molecular flexibility index (Phi) is 4.63. The van der Waals surface area contributed by atoms with Crippen LogP contribution >= 0.6 is 0 Å². The molecule has 1 N–H and O–H groups in total. The van der Waals surface area contributed by atoms with Gasteiger partial charge in [0.25, 0.3) is 0 Å². The molecule has 0 spiro atoms. The summed E-state index contributed by atoms with van der Waals surface area (Å²) in [5.74, 6) is 1.37. The summed E-state index contributed by atoms with van der Waals surface area (Å²) in [5, 5.41) is 3.16. The number of aromatic nitrogens is 1. The van der Waals surface area contributed by atoms with Crippen LogP contribution in [-0.4, -0.2) is 25.7 Å². The number of nitrogens with one attached hydrogen (secondary N) is 1. The van der Waals surface area contributed by atoms with E-state index in [2.05, 4.69) is 16.9 Å². The molecule has 82 valence electrons. The van der Waals surface area contributed by atoms with Gasteiger partial charge in [0.2, 0.25) is 0 Å². The van der Waals surface area contributed by atoms with Gasteiger partial charge in [-0.25, -0.2) is 0 Å². The lowest BCUT2D eigenvalue weighted by molar-refractivity contribution is 0.348. The van der Waals surface area contributed by atoms with Gasteiger partial charge < -0.3 is 14.8 Å². The summed E-state index contributed by atoms with van der Waals surface area (Å²) in [6.07, 6.45) is 3.50. The van der Waals surface area contributed by atoms with Crippen molar-refractivity contribution in [1.82, 2.24) is 10.3 Å². The van der Waals surface area contributed by atoms with Crippen molar-refractivity contribution in [3.63, 3.8) is 0 Å². The number of pyridine rings is 1. The largest absolute Gasteiger partial charge is 0.493 e. The number of hydrogen-bond donors (Lipinski definition) is 1. The Morgan fingerprint density at radius 2 is 2.27 bits per heavy atom. The first-order valence-electron chi connectivity index (χ1n) is 4.71. The van der Waals surface area contributed by atoms with Gasteiger partial charge in [-0.1, -0.05) is 6.08 Å².